The van der Waals surface area contributed by atoms with Crippen LogP contribution < -0.4 is 5.73 Å². The Kier molecular flexibility index (Phi) is 2.60. The summed E-state index contributed by atoms with van der Waals surface area (Å²) in [6.45, 7) is 3.10. The topological polar surface area (TPSA) is 43.8 Å². The highest BCUT2D eigenvalue weighted by Gasteiger charge is 2.29. The van der Waals surface area contributed by atoms with Crippen molar-refractivity contribution in [3.05, 3.63) is 45.9 Å². The predicted octanol–water partition coefficient (Wildman–Crippen LogP) is 3.91. The number of nitrogens with zero attached hydrogens (tertiary/aromatic N) is 2. The number of aryl methyl sites for hydroxylation is 1. The second-order valence-corrected chi connectivity index (χ2v) is 6.40. The Morgan fingerprint density at radius 2 is 2.20 bits per heavy atom. The lowest BCUT2D eigenvalue weighted by molar-refractivity contribution is 0.746. The van der Waals surface area contributed by atoms with Crippen LogP contribution in [0.15, 0.2) is 29.0 Å². The van der Waals surface area contributed by atoms with Crippen LogP contribution in [-0.4, -0.2) is 9.55 Å². The molecule has 3 aromatic rings. The van der Waals surface area contributed by atoms with E-state index < -0.39 is 0 Å². The molecule has 0 unspecified atom stereocenters. The number of aromatic nitrogens is 2. The van der Waals surface area contributed by atoms with E-state index >= 15 is 0 Å². The number of thiophene rings is 1. The summed E-state index contributed by atoms with van der Waals surface area (Å²) < 4.78 is 2.38. The summed E-state index contributed by atoms with van der Waals surface area (Å²) >= 11 is 1.77. The van der Waals surface area contributed by atoms with Gasteiger partial charge in [0.2, 0.25) is 0 Å². The van der Waals surface area contributed by atoms with E-state index in [4.69, 9.17) is 10.7 Å². The first-order chi connectivity index (χ1) is 9.72. The summed E-state index contributed by atoms with van der Waals surface area (Å²) in [5, 5.41) is 4.46. The molecule has 1 saturated carbocycles. The van der Waals surface area contributed by atoms with Gasteiger partial charge < -0.3 is 10.3 Å². The molecule has 3 nitrogen and oxygen atoms in total. The molecule has 0 radical (unpaired) electrons. The van der Waals surface area contributed by atoms with Crippen molar-refractivity contribution in [1.82, 2.24) is 9.55 Å². The quantitative estimate of drug-likeness (QED) is 0.740. The lowest BCUT2D eigenvalue weighted by Crippen LogP contribution is -2.04. The standard InChI is InChI=1S/C16H17N3S/c1-10-8-20-9-12(10)7-19-15-5-4-13(17)6-14(15)18-16(19)11-2-3-11/h4-6,8-9,11H,2-3,7,17H2,1H3. The smallest absolute Gasteiger partial charge is 0.113 e. The van der Waals surface area contributed by atoms with Crippen LogP contribution in [0.2, 0.25) is 0 Å². The fourth-order valence-corrected chi connectivity index (χ4v) is 3.55. The predicted molar refractivity (Wildman–Crippen MR) is 84.3 cm³/mol. The van der Waals surface area contributed by atoms with E-state index in [0.717, 1.165) is 17.7 Å². The molecule has 0 saturated heterocycles. The van der Waals surface area contributed by atoms with Crippen molar-refractivity contribution in [3.63, 3.8) is 0 Å². The van der Waals surface area contributed by atoms with Gasteiger partial charge in [-0.25, -0.2) is 4.98 Å². The third kappa shape index (κ3) is 1.91. The molecule has 1 aliphatic rings. The number of imidazole rings is 1. The summed E-state index contributed by atoms with van der Waals surface area (Å²) in [6, 6.07) is 6.06. The monoisotopic (exact) mass is 283 g/mol. The summed E-state index contributed by atoms with van der Waals surface area (Å²) in [5.41, 5.74) is 11.7. The fraction of sp³-hybridized carbons (Fsp3) is 0.312. The van der Waals surface area contributed by atoms with Crippen molar-refractivity contribution < 1.29 is 0 Å². The van der Waals surface area contributed by atoms with Crippen molar-refractivity contribution in [2.75, 3.05) is 5.73 Å². The van der Waals surface area contributed by atoms with E-state index in [0.29, 0.717) is 5.92 Å². The third-order valence-corrected chi connectivity index (χ3v) is 4.94. The van der Waals surface area contributed by atoms with E-state index in [9.17, 15) is 0 Å². The minimum atomic E-state index is 0.641. The van der Waals surface area contributed by atoms with Crippen molar-refractivity contribution in [1.29, 1.82) is 0 Å². The molecule has 2 N–H and O–H groups in total. The summed E-state index contributed by atoms with van der Waals surface area (Å²) in [5.74, 6) is 1.87. The molecule has 0 atom stereocenters. The van der Waals surface area contributed by atoms with Gasteiger partial charge in [0.15, 0.2) is 0 Å². The number of nitrogen functional groups attached to an aromatic ring is 1. The molecule has 0 amide bonds. The molecular formula is C16H17N3S. The second kappa shape index (κ2) is 4.35. The average molecular weight is 283 g/mol. The molecule has 1 aromatic carbocycles. The Bertz CT molecular complexity index is 780. The van der Waals surface area contributed by atoms with Gasteiger partial charge in [-0.15, -0.1) is 0 Å². The summed E-state index contributed by atoms with van der Waals surface area (Å²) in [7, 11) is 0. The zero-order chi connectivity index (χ0) is 13.7. The molecular weight excluding hydrogens is 266 g/mol. The first-order valence-corrected chi connectivity index (χ1v) is 7.94. The van der Waals surface area contributed by atoms with Crippen molar-refractivity contribution in [2.24, 2.45) is 0 Å². The fourth-order valence-electron chi connectivity index (χ4n) is 2.70. The zero-order valence-corrected chi connectivity index (χ0v) is 12.3. The van der Waals surface area contributed by atoms with Crippen LogP contribution in [0.25, 0.3) is 11.0 Å². The van der Waals surface area contributed by atoms with Gasteiger partial charge in [-0.2, -0.15) is 11.3 Å². The van der Waals surface area contributed by atoms with Gasteiger partial charge in [-0.05, 0) is 59.9 Å². The first kappa shape index (κ1) is 12.0. The molecule has 102 valence electrons. The van der Waals surface area contributed by atoms with Gasteiger partial charge in [-0.1, -0.05) is 0 Å². The SMILES string of the molecule is Cc1cscc1Cn1c(C2CC2)nc2cc(N)ccc21. The molecule has 0 spiro atoms. The van der Waals surface area contributed by atoms with Crippen molar-refractivity contribution in [3.8, 4) is 0 Å². The Morgan fingerprint density at radius 1 is 1.35 bits per heavy atom. The number of anilines is 1. The van der Waals surface area contributed by atoms with Crippen LogP contribution in [0.3, 0.4) is 0 Å². The van der Waals surface area contributed by atoms with Crippen molar-refractivity contribution in [2.45, 2.75) is 32.2 Å². The van der Waals surface area contributed by atoms with Crippen LogP contribution in [0.4, 0.5) is 5.69 Å². The van der Waals surface area contributed by atoms with E-state index in [1.807, 2.05) is 12.1 Å². The molecule has 2 heterocycles. The van der Waals surface area contributed by atoms with E-state index in [-0.39, 0.29) is 0 Å². The molecule has 1 aliphatic carbocycles. The number of hydrogen-bond acceptors (Lipinski definition) is 3. The normalized spacial score (nSPS) is 15.1. The van der Waals surface area contributed by atoms with Crippen LogP contribution >= 0.6 is 11.3 Å². The summed E-state index contributed by atoms with van der Waals surface area (Å²) in [4.78, 5) is 4.83. The maximum Gasteiger partial charge on any atom is 0.113 e. The van der Waals surface area contributed by atoms with E-state index in [2.05, 4.69) is 28.3 Å². The number of rotatable bonds is 3. The van der Waals surface area contributed by atoms with Gasteiger partial charge >= 0.3 is 0 Å². The minimum Gasteiger partial charge on any atom is -0.399 e. The largest absolute Gasteiger partial charge is 0.399 e. The molecule has 2 aromatic heterocycles. The Hall–Kier alpha value is -1.81. The van der Waals surface area contributed by atoms with Crippen LogP contribution in [0, 0.1) is 6.92 Å². The highest BCUT2D eigenvalue weighted by Crippen LogP contribution is 2.41. The lowest BCUT2D eigenvalue weighted by Gasteiger charge is -2.08. The molecule has 20 heavy (non-hydrogen) atoms. The third-order valence-electron chi connectivity index (χ3n) is 4.03. The summed E-state index contributed by atoms with van der Waals surface area (Å²) in [6.07, 6.45) is 2.53. The highest BCUT2D eigenvalue weighted by atomic mass is 32.1. The van der Waals surface area contributed by atoms with Gasteiger partial charge in [0.1, 0.15) is 5.82 Å². The molecule has 1 fully saturated rings. The number of benzene rings is 1. The van der Waals surface area contributed by atoms with Gasteiger partial charge in [0, 0.05) is 11.6 Å². The zero-order valence-electron chi connectivity index (χ0n) is 11.5. The maximum atomic E-state index is 5.89. The lowest BCUT2D eigenvalue weighted by atomic mass is 10.2. The van der Waals surface area contributed by atoms with Gasteiger partial charge in [0.25, 0.3) is 0 Å². The highest BCUT2D eigenvalue weighted by molar-refractivity contribution is 7.08. The Morgan fingerprint density at radius 3 is 2.90 bits per heavy atom. The molecule has 0 aliphatic heterocycles. The van der Waals surface area contributed by atoms with Crippen LogP contribution in [-0.2, 0) is 6.54 Å². The first-order valence-electron chi connectivity index (χ1n) is 6.99. The second-order valence-electron chi connectivity index (χ2n) is 5.66. The van der Waals surface area contributed by atoms with Crippen molar-refractivity contribution >= 4 is 28.1 Å². The number of hydrogen-bond donors (Lipinski definition) is 1. The average Bonchev–Trinajstić information content (AvgIpc) is 3.11. The van der Waals surface area contributed by atoms with Crippen LogP contribution in [0.1, 0.15) is 35.7 Å². The minimum absolute atomic E-state index is 0.641. The van der Waals surface area contributed by atoms with E-state index in [1.165, 1.54) is 35.3 Å². The number of fused-ring (bicyclic) bond motifs is 1. The van der Waals surface area contributed by atoms with Gasteiger partial charge in [-0.3, -0.25) is 0 Å². The molecule has 0 bridgehead atoms. The molecule has 4 rings (SSSR count). The van der Waals surface area contributed by atoms with Gasteiger partial charge in [0.05, 0.1) is 17.6 Å². The Labute approximate surface area is 122 Å². The number of nitrogens with two attached hydrogens (primary N) is 1. The Balaban J connectivity index is 1.87. The molecule has 4 heteroatoms. The maximum absolute atomic E-state index is 5.89. The van der Waals surface area contributed by atoms with E-state index in [1.54, 1.807) is 11.3 Å². The van der Waals surface area contributed by atoms with Crippen LogP contribution in [0.5, 0.6) is 0 Å².